The average molecular weight is 441 g/mol. The normalized spacial score (nSPS) is 16.3. The number of carbonyl (C=O) groups excluding carboxylic acids is 1. The first-order chi connectivity index (χ1) is 15.4. The van der Waals surface area contributed by atoms with Crippen molar-refractivity contribution < 1.29 is 18.7 Å². The van der Waals surface area contributed by atoms with Crippen LogP contribution in [0.4, 0.5) is 0 Å². The molecule has 3 heterocycles. The number of benzene rings is 1. The molecule has 1 fully saturated rings. The molecule has 4 rings (SSSR count). The fourth-order valence-electron chi connectivity index (χ4n) is 4.29. The maximum absolute atomic E-state index is 13.4. The number of carbonyl (C=O) groups is 1. The predicted molar refractivity (Wildman–Crippen MR) is 118 cm³/mol. The van der Waals surface area contributed by atoms with E-state index in [-0.39, 0.29) is 30.4 Å². The number of hydrogen-bond donors (Lipinski definition) is 0. The van der Waals surface area contributed by atoms with E-state index in [1.54, 1.807) is 24.3 Å². The van der Waals surface area contributed by atoms with Gasteiger partial charge in [0.25, 0.3) is 5.56 Å². The summed E-state index contributed by atoms with van der Waals surface area (Å²) in [5, 5.41) is 0.258. The second-order valence-corrected chi connectivity index (χ2v) is 8.00. The second kappa shape index (κ2) is 8.94. The number of nitrogens with zero attached hydrogens (tertiary/aromatic N) is 3. The lowest BCUT2D eigenvalue weighted by molar-refractivity contribution is -0.135. The van der Waals surface area contributed by atoms with Gasteiger partial charge in [0.1, 0.15) is 12.3 Å². The molecule has 2 aromatic heterocycles. The Morgan fingerprint density at radius 3 is 2.53 bits per heavy atom. The van der Waals surface area contributed by atoms with Crippen LogP contribution in [0.15, 0.2) is 44.5 Å². The van der Waals surface area contributed by atoms with Gasteiger partial charge in [0.15, 0.2) is 11.5 Å². The molecule has 0 bridgehead atoms. The number of piperidine rings is 1. The second-order valence-electron chi connectivity index (χ2n) is 8.00. The van der Waals surface area contributed by atoms with Crippen LogP contribution in [0.1, 0.15) is 31.9 Å². The van der Waals surface area contributed by atoms with E-state index in [0.29, 0.717) is 29.3 Å². The highest BCUT2D eigenvalue weighted by Crippen LogP contribution is 2.30. The molecule has 0 aliphatic carbocycles. The molecule has 1 amide bonds. The van der Waals surface area contributed by atoms with E-state index in [1.165, 1.54) is 25.0 Å². The van der Waals surface area contributed by atoms with E-state index in [4.69, 9.17) is 13.9 Å². The maximum atomic E-state index is 13.4. The highest BCUT2D eigenvalue weighted by Gasteiger charge is 2.25. The van der Waals surface area contributed by atoms with Crippen LogP contribution < -0.4 is 20.7 Å². The lowest BCUT2D eigenvalue weighted by Gasteiger charge is -2.33. The molecule has 0 N–H and O–H groups in total. The van der Waals surface area contributed by atoms with Gasteiger partial charge in [-0.1, -0.05) is 0 Å². The summed E-state index contributed by atoms with van der Waals surface area (Å²) in [5.74, 6) is 1.04. The third kappa shape index (κ3) is 3.90. The molecule has 1 aliphatic rings. The first-order valence-corrected chi connectivity index (χ1v) is 10.7. The summed E-state index contributed by atoms with van der Waals surface area (Å²) in [7, 11) is 2.95. The molecule has 0 saturated carbocycles. The van der Waals surface area contributed by atoms with Crippen LogP contribution in [0, 0.1) is 0 Å². The maximum Gasteiger partial charge on any atom is 0.332 e. The third-order valence-corrected chi connectivity index (χ3v) is 6.04. The highest BCUT2D eigenvalue weighted by atomic mass is 16.5. The van der Waals surface area contributed by atoms with Crippen molar-refractivity contribution in [1.29, 1.82) is 0 Å². The number of likely N-dealkylation sites (tertiary alicyclic amines) is 1. The summed E-state index contributed by atoms with van der Waals surface area (Å²) in [6.45, 7) is 2.47. The summed E-state index contributed by atoms with van der Waals surface area (Å²) in [6, 6.07) is 6.60. The topological polar surface area (TPSA) is 95.9 Å². The van der Waals surface area contributed by atoms with Crippen molar-refractivity contribution in [3.8, 4) is 11.5 Å². The minimum Gasteiger partial charge on any atom is -0.493 e. The Balaban J connectivity index is 1.89. The summed E-state index contributed by atoms with van der Waals surface area (Å²) in [6.07, 6.45) is 4.44. The zero-order valence-corrected chi connectivity index (χ0v) is 18.5. The molecule has 9 heteroatoms. The molecule has 170 valence electrons. The van der Waals surface area contributed by atoms with Crippen molar-refractivity contribution >= 4 is 16.8 Å². The quantitative estimate of drug-likeness (QED) is 0.582. The number of fused-ring (bicyclic) bond motifs is 1. The third-order valence-electron chi connectivity index (χ3n) is 6.04. The Bertz CT molecular complexity index is 1240. The lowest BCUT2D eigenvalue weighted by Crippen LogP contribution is -2.47. The van der Waals surface area contributed by atoms with Gasteiger partial charge >= 0.3 is 5.69 Å². The molecule has 9 nitrogen and oxygen atoms in total. The number of methoxy groups -OCH3 is 2. The number of furan rings is 1. The zero-order chi connectivity index (χ0) is 22.8. The molecule has 0 radical (unpaired) electrons. The minimum absolute atomic E-state index is 0.0384. The van der Waals surface area contributed by atoms with Crippen LogP contribution in [0.25, 0.3) is 10.9 Å². The fraction of sp³-hybridized carbons (Fsp3) is 0.435. The molecule has 1 saturated heterocycles. The predicted octanol–water partition coefficient (Wildman–Crippen LogP) is 2.22. The molecule has 1 aliphatic heterocycles. The van der Waals surface area contributed by atoms with Crippen LogP contribution >= 0.6 is 0 Å². The Hall–Kier alpha value is -3.49. The van der Waals surface area contributed by atoms with Gasteiger partial charge in [0, 0.05) is 18.7 Å². The molecule has 1 aromatic carbocycles. The van der Waals surface area contributed by atoms with Crippen LogP contribution in [0.3, 0.4) is 0 Å². The molecule has 32 heavy (non-hydrogen) atoms. The lowest BCUT2D eigenvalue weighted by atomic mass is 10.0. The van der Waals surface area contributed by atoms with Crippen molar-refractivity contribution in [1.82, 2.24) is 14.0 Å². The van der Waals surface area contributed by atoms with Crippen LogP contribution in [-0.4, -0.2) is 46.7 Å². The largest absolute Gasteiger partial charge is 0.493 e. The van der Waals surface area contributed by atoms with Crippen molar-refractivity contribution in [2.24, 2.45) is 0 Å². The van der Waals surface area contributed by atoms with Crippen LogP contribution in [0.2, 0.25) is 0 Å². The highest BCUT2D eigenvalue weighted by molar-refractivity contribution is 5.84. The summed E-state index contributed by atoms with van der Waals surface area (Å²) in [4.78, 5) is 41.7. The van der Waals surface area contributed by atoms with Gasteiger partial charge in [-0.2, -0.15) is 0 Å². The number of ether oxygens (including phenoxy) is 2. The first kappa shape index (κ1) is 21.7. The van der Waals surface area contributed by atoms with Gasteiger partial charge in [0.05, 0.1) is 37.9 Å². The van der Waals surface area contributed by atoms with Crippen molar-refractivity contribution in [2.75, 3.05) is 20.8 Å². The summed E-state index contributed by atoms with van der Waals surface area (Å²) < 4.78 is 18.5. The smallest absolute Gasteiger partial charge is 0.332 e. The van der Waals surface area contributed by atoms with E-state index in [9.17, 15) is 14.4 Å². The molecule has 3 aromatic rings. The van der Waals surface area contributed by atoms with Gasteiger partial charge in [-0.05, 0) is 44.4 Å². The monoisotopic (exact) mass is 441 g/mol. The zero-order valence-electron chi connectivity index (χ0n) is 18.5. The fourth-order valence-corrected chi connectivity index (χ4v) is 4.29. The summed E-state index contributed by atoms with van der Waals surface area (Å²) in [5.41, 5.74) is -0.743. The van der Waals surface area contributed by atoms with E-state index < -0.39 is 11.2 Å². The van der Waals surface area contributed by atoms with E-state index in [1.807, 2.05) is 11.8 Å². The average Bonchev–Trinajstić information content (AvgIpc) is 3.32. The number of hydrogen-bond acceptors (Lipinski definition) is 6. The van der Waals surface area contributed by atoms with Gasteiger partial charge in [-0.3, -0.25) is 18.7 Å². The van der Waals surface area contributed by atoms with Crippen molar-refractivity contribution in [2.45, 2.75) is 45.3 Å². The Kier molecular flexibility index (Phi) is 6.07. The molecular weight excluding hydrogens is 414 g/mol. The molecule has 1 atom stereocenters. The van der Waals surface area contributed by atoms with Gasteiger partial charge < -0.3 is 18.8 Å². The Morgan fingerprint density at radius 2 is 1.88 bits per heavy atom. The van der Waals surface area contributed by atoms with Gasteiger partial charge in [-0.15, -0.1) is 0 Å². The van der Waals surface area contributed by atoms with Crippen molar-refractivity contribution in [3.63, 3.8) is 0 Å². The standard InChI is InChI=1S/C23H27N3O6/c1-15-7-4-5-9-24(15)21(27)14-25-18-12-20(31-3)19(30-2)11-17(18)22(28)26(23(25)29)13-16-8-6-10-32-16/h6,8,10-12,15H,4-5,7,9,13-14H2,1-3H3. The summed E-state index contributed by atoms with van der Waals surface area (Å²) >= 11 is 0. The SMILES string of the molecule is COc1cc2c(=O)n(Cc3ccco3)c(=O)n(CC(=O)N3CCCCC3C)c2cc1OC. The number of rotatable bonds is 6. The minimum atomic E-state index is -0.580. The van der Waals surface area contributed by atoms with Crippen LogP contribution in [-0.2, 0) is 17.9 Å². The molecule has 0 spiro atoms. The first-order valence-electron chi connectivity index (χ1n) is 10.7. The van der Waals surface area contributed by atoms with Gasteiger partial charge in [0.2, 0.25) is 5.91 Å². The van der Waals surface area contributed by atoms with Crippen molar-refractivity contribution in [3.05, 3.63) is 57.1 Å². The molecule has 1 unspecified atom stereocenters. The van der Waals surface area contributed by atoms with E-state index in [0.717, 1.165) is 23.8 Å². The number of aromatic nitrogens is 2. The van der Waals surface area contributed by atoms with E-state index in [2.05, 4.69) is 0 Å². The van der Waals surface area contributed by atoms with Crippen LogP contribution in [0.5, 0.6) is 11.5 Å². The van der Waals surface area contributed by atoms with E-state index >= 15 is 0 Å². The Morgan fingerprint density at radius 1 is 1.12 bits per heavy atom. The van der Waals surface area contributed by atoms with Gasteiger partial charge in [-0.25, -0.2) is 4.79 Å². The number of amides is 1. The molecular formula is C23H27N3O6. The Labute approximate surface area is 184 Å².